The quantitative estimate of drug-likeness (QED) is 0.391. The summed E-state index contributed by atoms with van der Waals surface area (Å²) >= 11 is 3.47. The number of nitrogens with one attached hydrogen (secondary N) is 2. The maximum absolute atomic E-state index is 11.8. The van der Waals surface area contributed by atoms with Crippen molar-refractivity contribution >= 4 is 33.5 Å². The second-order valence-corrected chi connectivity index (χ2v) is 7.34. The molecule has 0 bridgehead atoms. The van der Waals surface area contributed by atoms with Gasteiger partial charge in [0.2, 0.25) is 5.91 Å². The summed E-state index contributed by atoms with van der Waals surface area (Å²) in [6, 6.07) is 8.63. The van der Waals surface area contributed by atoms with Gasteiger partial charge in [0.15, 0.2) is 5.96 Å². The lowest BCUT2D eigenvalue weighted by molar-refractivity contribution is -0.127. The third-order valence-corrected chi connectivity index (χ3v) is 4.72. The van der Waals surface area contributed by atoms with Gasteiger partial charge in [-0.25, -0.2) is 4.99 Å². The van der Waals surface area contributed by atoms with Crippen LogP contribution in [0, 0.1) is 0 Å². The second kappa shape index (κ2) is 10.4. The number of carbonyl (C=O) groups is 1. The predicted octanol–water partition coefficient (Wildman–Crippen LogP) is 1.30. The van der Waals surface area contributed by atoms with E-state index in [1.165, 1.54) is 5.69 Å². The Balaban J connectivity index is 1.93. The molecule has 2 N–H and O–H groups in total. The fourth-order valence-corrected chi connectivity index (χ4v) is 2.93. The van der Waals surface area contributed by atoms with Crippen molar-refractivity contribution in [2.45, 2.75) is 12.5 Å². The van der Waals surface area contributed by atoms with Gasteiger partial charge >= 0.3 is 0 Å². The molecular formula is C18H28BrN5O2. The Morgan fingerprint density at radius 3 is 2.77 bits per heavy atom. The van der Waals surface area contributed by atoms with E-state index in [1.807, 2.05) is 0 Å². The molecule has 1 aliphatic rings. The van der Waals surface area contributed by atoms with Crippen molar-refractivity contribution in [3.63, 3.8) is 0 Å². The number of carbonyl (C=O) groups excluding carboxylic acids is 1. The highest BCUT2D eigenvalue weighted by Gasteiger charge is 2.23. The monoisotopic (exact) mass is 425 g/mol. The Labute approximate surface area is 163 Å². The Morgan fingerprint density at radius 2 is 2.12 bits per heavy atom. The molecule has 1 amide bonds. The summed E-state index contributed by atoms with van der Waals surface area (Å²) in [6.07, 6.45) is 1.02. The molecule has 1 saturated heterocycles. The van der Waals surface area contributed by atoms with E-state index in [2.05, 4.69) is 60.7 Å². The van der Waals surface area contributed by atoms with Gasteiger partial charge in [0.05, 0.1) is 6.61 Å². The molecule has 0 spiro atoms. The van der Waals surface area contributed by atoms with E-state index in [1.54, 1.807) is 26.1 Å². The predicted molar refractivity (Wildman–Crippen MR) is 109 cm³/mol. The van der Waals surface area contributed by atoms with Crippen LogP contribution in [0.4, 0.5) is 5.69 Å². The lowest BCUT2D eigenvalue weighted by atomic mass is 10.3. The van der Waals surface area contributed by atoms with Gasteiger partial charge in [-0.1, -0.05) is 15.9 Å². The summed E-state index contributed by atoms with van der Waals surface area (Å²) < 4.78 is 6.16. The normalized spacial score (nSPS) is 17.3. The molecule has 1 unspecified atom stereocenters. The van der Waals surface area contributed by atoms with Crippen molar-refractivity contribution in [2.75, 3.05) is 58.9 Å². The number of benzene rings is 1. The van der Waals surface area contributed by atoms with Crippen molar-refractivity contribution in [1.29, 1.82) is 0 Å². The number of anilines is 1. The Hall–Kier alpha value is -1.80. The van der Waals surface area contributed by atoms with Gasteiger partial charge in [0, 0.05) is 57.0 Å². The summed E-state index contributed by atoms with van der Waals surface area (Å²) in [5, 5.41) is 6.66. The molecule has 1 aliphatic heterocycles. The van der Waals surface area contributed by atoms with Gasteiger partial charge in [-0.05, 0) is 30.7 Å². The smallest absolute Gasteiger partial charge is 0.243 e. The second-order valence-electron chi connectivity index (χ2n) is 6.42. The van der Waals surface area contributed by atoms with E-state index >= 15 is 0 Å². The summed E-state index contributed by atoms with van der Waals surface area (Å²) in [5.74, 6) is 0.626. The van der Waals surface area contributed by atoms with Crippen LogP contribution in [0.2, 0.25) is 0 Å². The largest absolute Gasteiger partial charge is 0.383 e. The number of halogens is 1. The van der Waals surface area contributed by atoms with E-state index in [0.717, 1.165) is 24.0 Å². The van der Waals surface area contributed by atoms with Crippen molar-refractivity contribution in [2.24, 2.45) is 4.99 Å². The van der Waals surface area contributed by atoms with Crippen LogP contribution in [0.5, 0.6) is 0 Å². The molecule has 0 aliphatic carbocycles. The molecule has 1 aromatic rings. The lowest BCUT2D eigenvalue weighted by Gasteiger charge is -2.21. The molecule has 144 valence electrons. The maximum Gasteiger partial charge on any atom is 0.243 e. The molecule has 2 rings (SSSR count). The average Bonchev–Trinajstić information content (AvgIpc) is 3.08. The standard InChI is InChI=1S/C18H28BrN5O2/c1-23(2)17(25)12-21-18(20-9-11-26-3)22-15-8-10-24(13-15)16-6-4-14(19)5-7-16/h4-7,15H,8-13H2,1-3H3,(H2,20,21,22). The number of amides is 1. The zero-order valence-electron chi connectivity index (χ0n) is 15.7. The maximum atomic E-state index is 11.8. The van der Waals surface area contributed by atoms with Crippen molar-refractivity contribution in [1.82, 2.24) is 15.5 Å². The van der Waals surface area contributed by atoms with Gasteiger partial charge < -0.3 is 25.2 Å². The first-order chi connectivity index (χ1) is 12.5. The molecule has 8 heteroatoms. The molecule has 1 aromatic carbocycles. The van der Waals surface area contributed by atoms with Crippen LogP contribution in [0.1, 0.15) is 6.42 Å². The number of likely N-dealkylation sites (N-methyl/N-ethyl adjacent to an activating group) is 1. The van der Waals surface area contributed by atoms with Crippen molar-refractivity contribution < 1.29 is 9.53 Å². The fraction of sp³-hybridized carbons (Fsp3) is 0.556. The minimum atomic E-state index is -0.0271. The van der Waals surface area contributed by atoms with Crippen LogP contribution >= 0.6 is 15.9 Å². The number of methoxy groups -OCH3 is 1. The number of aliphatic imine (C=N–C) groups is 1. The SMILES string of the molecule is COCCNC(=NCC(=O)N(C)C)NC1CCN(c2ccc(Br)cc2)C1. The third kappa shape index (κ3) is 6.49. The highest BCUT2D eigenvalue weighted by molar-refractivity contribution is 9.10. The molecule has 1 heterocycles. The summed E-state index contributed by atoms with van der Waals surface area (Å²) in [4.78, 5) is 20.1. The van der Waals surface area contributed by atoms with Crippen LogP contribution in [0.3, 0.4) is 0 Å². The Bertz CT molecular complexity index is 606. The van der Waals surface area contributed by atoms with E-state index in [4.69, 9.17) is 4.74 Å². The Kier molecular flexibility index (Phi) is 8.18. The fourth-order valence-electron chi connectivity index (χ4n) is 2.67. The lowest BCUT2D eigenvalue weighted by Crippen LogP contribution is -2.46. The number of hydrogen-bond acceptors (Lipinski definition) is 4. The van der Waals surface area contributed by atoms with Crippen LogP contribution in [-0.4, -0.2) is 76.8 Å². The zero-order chi connectivity index (χ0) is 18.9. The molecule has 7 nitrogen and oxygen atoms in total. The highest BCUT2D eigenvalue weighted by atomic mass is 79.9. The summed E-state index contributed by atoms with van der Waals surface area (Å²) in [7, 11) is 5.13. The molecule has 0 aromatic heterocycles. The molecule has 1 atom stereocenters. The van der Waals surface area contributed by atoms with Gasteiger partial charge in [-0.3, -0.25) is 4.79 Å². The van der Waals surface area contributed by atoms with E-state index in [-0.39, 0.29) is 18.5 Å². The molecule has 26 heavy (non-hydrogen) atoms. The minimum Gasteiger partial charge on any atom is -0.383 e. The summed E-state index contributed by atoms with van der Waals surface area (Å²) in [5.41, 5.74) is 1.21. The van der Waals surface area contributed by atoms with Crippen molar-refractivity contribution in [3.8, 4) is 0 Å². The minimum absolute atomic E-state index is 0.0271. The van der Waals surface area contributed by atoms with Gasteiger partial charge in [0.1, 0.15) is 6.54 Å². The van der Waals surface area contributed by atoms with Gasteiger partial charge in [-0.15, -0.1) is 0 Å². The number of ether oxygens (including phenoxy) is 1. The number of hydrogen-bond donors (Lipinski definition) is 2. The topological polar surface area (TPSA) is 69.2 Å². The van der Waals surface area contributed by atoms with Crippen LogP contribution < -0.4 is 15.5 Å². The molecule has 0 saturated carbocycles. The molecule has 1 fully saturated rings. The van der Waals surface area contributed by atoms with Crippen LogP contribution in [0.15, 0.2) is 33.7 Å². The first kappa shape index (κ1) is 20.5. The highest BCUT2D eigenvalue weighted by Crippen LogP contribution is 2.22. The van der Waals surface area contributed by atoms with Gasteiger partial charge in [-0.2, -0.15) is 0 Å². The van der Waals surface area contributed by atoms with Crippen LogP contribution in [-0.2, 0) is 9.53 Å². The van der Waals surface area contributed by atoms with Crippen LogP contribution in [0.25, 0.3) is 0 Å². The number of rotatable bonds is 7. The summed E-state index contributed by atoms with van der Waals surface area (Å²) in [6.45, 7) is 3.23. The number of guanidine groups is 1. The zero-order valence-corrected chi connectivity index (χ0v) is 17.3. The van der Waals surface area contributed by atoms with Crippen molar-refractivity contribution in [3.05, 3.63) is 28.7 Å². The molecular weight excluding hydrogens is 398 g/mol. The van der Waals surface area contributed by atoms with E-state index in [0.29, 0.717) is 19.1 Å². The van der Waals surface area contributed by atoms with Gasteiger partial charge in [0.25, 0.3) is 0 Å². The Morgan fingerprint density at radius 1 is 1.38 bits per heavy atom. The van der Waals surface area contributed by atoms with E-state index < -0.39 is 0 Å². The van der Waals surface area contributed by atoms with E-state index in [9.17, 15) is 4.79 Å². The first-order valence-electron chi connectivity index (χ1n) is 8.74. The number of nitrogens with zero attached hydrogens (tertiary/aromatic N) is 3. The third-order valence-electron chi connectivity index (χ3n) is 4.19. The molecule has 0 radical (unpaired) electrons. The average molecular weight is 426 g/mol. The first-order valence-corrected chi connectivity index (χ1v) is 9.53.